The molecular weight excluding hydrogens is 394 g/mol. The molecule has 0 fully saturated rings. The van der Waals surface area contributed by atoms with Crippen molar-refractivity contribution in [3.63, 3.8) is 0 Å². The highest BCUT2D eigenvalue weighted by atomic mass is 32.2. The molecule has 3 rings (SSSR count). The van der Waals surface area contributed by atoms with E-state index in [9.17, 15) is 10.0 Å². The second-order valence-electron chi connectivity index (χ2n) is 6.32. The van der Waals surface area contributed by atoms with Crippen molar-refractivity contribution in [1.29, 1.82) is 0 Å². The lowest BCUT2D eigenvalue weighted by Gasteiger charge is -2.25. The number of carbonyl (C=O) groups is 1. The molecule has 1 aromatic carbocycles. The maximum atomic E-state index is 12.6. The van der Waals surface area contributed by atoms with Crippen molar-refractivity contribution in [3.05, 3.63) is 58.5 Å². The minimum atomic E-state index is -0.318. The van der Waals surface area contributed by atoms with E-state index >= 15 is 0 Å². The molecule has 0 saturated heterocycles. The van der Waals surface area contributed by atoms with Crippen molar-refractivity contribution >= 4 is 34.8 Å². The molecule has 0 radical (unpaired) electrons. The van der Waals surface area contributed by atoms with Gasteiger partial charge >= 0.3 is 5.97 Å². The van der Waals surface area contributed by atoms with Crippen LogP contribution < -0.4 is 4.74 Å². The Hall–Kier alpha value is -2.25. The number of fused-ring (bicyclic) bond motifs is 1. The minimum Gasteiger partial charge on any atom is -0.497 e. The van der Waals surface area contributed by atoms with Crippen LogP contribution in [0.4, 0.5) is 0 Å². The van der Waals surface area contributed by atoms with Crippen LogP contribution in [0.5, 0.6) is 5.75 Å². The Balaban J connectivity index is 2.03. The van der Waals surface area contributed by atoms with Gasteiger partial charge in [0, 0.05) is 17.7 Å². The summed E-state index contributed by atoms with van der Waals surface area (Å²) >= 11 is 3.01. The Kier molecular flexibility index (Phi) is 6.80. The Bertz CT molecular complexity index is 887. The number of thiophene rings is 1. The fourth-order valence-electron chi connectivity index (χ4n) is 3.38. The van der Waals surface area contributed by atoms with E-state index in [1.165, 1.54) is 11.3 Å². The van der Waals surface area contributed by atoms with Crippen molar-refractivity contribution in [2.45, 2.75) is 29.9 Å². The van der Waals surface area contributed by atoms with E-state index in [4.69, 9.17) is 9.47 Å². The number of carbonyl (C=O) groups excluding carboxylic acids is 1. The molecule has 2 aromatic rings. The molecule has 1 heterocycles. The van der Waals surface area contributed by atoms with Crippen LogP contribution >= 0.6 is 23.1 Å². The maximum absolute atomic E-state index is 12.6. The second-order valence-corrected chi connectivity index (χ2v) is 8.63. The summed E-state index contributed by atoms with van der Waals surface area (Å²) in [6.45, 7) is 5.89. The Morgan fingerprint density at radius 3 is 2.75 bits per heavy atom. The van der Waals surface area contributed by atoms with Gasteiger partial charge in [-0.3, -0.25) is 0 Å². The summed E-state index contributed by atoms with van der Waals surface area (Å²) in [7, 11) is 1.64. The fourth-order valence-corrected chi connectivity index (χ4v) is 5.71. The number of hydrogen-bond donors (Lipinski definition) is 1. The molecule has 0 saturated carbocycles. The number of hydrogen-bond acceptors (Lipinski definition) is 7. The summed E-state index contributed by atoms with van der Waals surface area (Å²) < 4.78 is 11.5. The first-order valence-corrected chi connectivity index (χ1v) is 10.8. The lowest BCUT2D eigenvalue weighted by molar-refractivity contribution is 0.0530. The van der Waals surface area contributed by atoms with Crippen molar-refractivity contribution in [3.8, 4) is 5.75 Å². The number of rotatable bonds is 7. The van der Waals surface area contributed by atoms with Crippen LogP contribution in [-0.2, 0) is 11.2 Å². The van der Waals surface area contributed by atoms with Crippen molar-refractivity contribution in [2.24, 2.45) is 5.16 Å². The van der Waals surface area contributed by atoms with E-state index in [-0.39, 0.29) is 11.9 Å². The van der Waals surface area contributed by atoms with E-state index in [0.717, 1.165) is 32.4 Å². The Morgan fingerprint density at radius 1 is 1.39 bits per heavy atom. The highest BCUT2D eigenvalue weighted by Crippen LogP contribution is 2.44. The van der Waals surface area contributed by atoms with Gasteiger partial charge in [-0.2, -0.15) is 0 Å². The first kappa shape index (κ1) is 20.5. The molecule has 0 bridgehead atoms. The third-order valence-corrected chi connectivity index (χ3v) is 7.13. The van der Waals surface area contributed by atoms with Crippen LogP contribution in [0.25, 0.3) is 0 Å². The normalized spacial score (nSPS) is 17.2. The molecular formula is C21H23NO4S2. The topological polar surface area (TPSA) is 68.1 Å². The fraction of sp³-hybridized carbons (Fsp3) is 0.333. The van der Waals surface area contributed by atoms with E-state index in [0.29, 0.717) is 30.0 Å². The third-order valence-electron chi connectivity index (χ3n) is 4.65. The molecule has 1 aliphatic carbocycles. The summed E-state index contributed by atoms with van der Waals surface area (Å²) in [5.74, 6) is 1.31. The zero-order valence-electron chi connectivity index (χ0n) is 15.9. The third kappa shape index (κ3) is 4.10. The van der Waals surface area contributed by atoms with Crippen molar-refractivity contribution < 1.29 is 19.5 Å². The van der Waals surface area contributed by atoms with E-state index in [1.54, 1.807) is 25.8 Å². The van der Waals surface area contributed by atoms with Gasteiger partial charge in [-0.05, 0) is 42.5 Å². The summed E-state index contributed by atoms with van der Waals surface area (Å²) in [6, 6.07) is 7.89. The number of oxime groups is 1. The molecule has 148 valence electrons. The lowest BCUT2D eigenvalue weighted by atomic mass is 9.80. The predicted molar refractivity (Wildman–Crippen MR) is 114 cm³/mol. The number of esters is 1. The minimum absolute atomic E-state index is 0.115. The average Bonchev–Trinajstić information content (AvgIpc) is 3.10. The van der Waals surface area contributed by atoms with Crippen LogP contribution in [0.15, 0.2) is 46.3 Å². The molecule has 5 nitrogen and oxygen atoms in total. The lowest BCUT2D eigenvalue weighted by Crippen LogP contribution is -2.21. The number of nitrogens with zero attached hydrogens (tertiary/aromatic N) is 1. The van der Waals surface area contributed by atoms with E-state index in [1.807, 2.05) is 30.3 Å². The van der Waals surface area contributed by atoms with Crippen LogP contribution in [0.3, 0.4) is 0 Å². The van der Waals surface area contributed by atoms with Crippen molar-refractivity contribution in [2.75, 3.05) is 19.5 Å². The van der Waals surface area contributed by atoms with Gasteiger partial charge < -0.3 is 14.7 Å². The van der Waals surface area contributed by atoms with Crippen LogP contribution in [0.1, 0.15) is 45.6 Å². The van der Waals surface area contributed by atoms with Gasteiger partial charge in [-0.15, -0.1) is 29.7 Å². The highest BCUT2D eigenvalue weighted by Gasteiger charge is 2.34. The van der Waals surface area contributed by atoms with E-state index in [2.05, 4.69) is 11.7 Å². The maximum Gasteiger partial charge on any atom is 0.348 e. The van der Waals surface area contributed by atoms with Gasteiger partial charge in [-0.25, -0.2) is 4.79 Å². The Morgan fingerprint density at radius 2 is 2.14 bits per heavy atom. The van der Waals surface area contributed by atoms with Gasteiger partial charge in [-0.1, -0.05) is 23.4 Å². The van der Waals surface area contributed by atoms with Crippen LogP contribution in [0, 0.1) is 0 Å². The smallest absolute Gasteiger partial charge is 0.348 e. The molecule has 1 atom stereocenters. The second kappa shape index (κ2) is 9.30. The number of thioether (sulfide) groups is 1. The molecule has 1 N–H and O–H groups in total. The zero-order chi connectivity index (χ0) is 20.1. The number of ether oxygens (including phenoxy) is 2. The standard InChI is InChI=1S/C21H23NO4S2/c1-4-10-27-21-18-16(19(28-21)20(23)26-5-2)11-14(12-17(18)22-24)13-6-8-15(25-3)9-7-13/h4,6-9,14,24H,1,5,10-12H2,2-3H3. The quantitative estimate of drug-likeness (QED) is 0.223. The molecule has 0 spiro atoms. The molecule has 1 aliphatic rings. The zero-order valence-corrected chi connectivity index (χ0v) is 17.6. The first-order valence-electron chi connectivity index (χ1n) is 9.04. The van der Waals surface area contributed by atoms with E-state index < -0.39 is 0 Å². The molecule has 0 amide bonds. The van der Waals surface area contributed by atoms with Crippen LogP contribution in [0.2, 0.25) is 0 Å². The summed E-state index contributed by atoms with van der Waals surface area (Å²) in [4.78, 5) is 13.2. The Labute approximate surface area is 173 Å². The van der Waals surface area contributed by atoms with Gasteiger partial charge in [0.2, 0.25) is 0 Å². The molecule has 0 aliphatic heterocycles. The van der Waals surface area contributed by atoms with Crippen LogP contribution in [-0.4, -0.2) is 36.4 Å². The monoisotopic (exact) mass is 417 g/mol. The first-order chi connectivity index (χ1) is 13.6. The molecule has 1 aromatic heterocycles. The largest absolute Gasteiger partial charge is 0.497 e. The summed E-state index contributed by atoms with van der Waals surface area (Å²) in [5, 5.41) is 13.3. The highest BCUT2D eigenvalue weighted by molar-refractivity contribution is 8.01. The average molecular weight is 418 g/mol. The van der Waals surface area contributed by atoms with Gasteiger partial charge in [0.05, 0.1) is 23.6 Å². The van der Waals surface area contributed by atoms with Crippen molar-refractivity contribution in [1.82, 2.24) is 0 Å². The number of methoxy groups -OCH3 is 1. The van der Waals surface area contributed by atoms with Gasteiger partial charge in [0.15, 0.2) is 0 Å². The van der Waals surface area contributed by atoms with Gasteiger partial charge in [0.1, 0.15) is 10.6 Å². The summed E-state index contributed by atoms with van der Waals surface area (Å²) in [5.41, 5.74) is 3.52. The molecule has 1 unspecified atom stereocenters. The number of benzene rings is 1. The SMILES string of the molecule is C=CCSc1sc(C(=O)OCC)c2c1C(=NO)CC(c1ccc(OC)cc1)C2. The molecule has 7 heteroatoms. The van der Waals surface area contributed by atoms with Gasteiger partial charge in [0.25, 0.3) is 0 Å². The molecule has 28 heavy (non-hydrogen) atoms. The summed E-state index contributed by atoms with van der Waals surface area (Å²) in [6.07, 6.45) is 3.12. The predicted octanol–water partition coefficient (Wildman–Crippen LogP) is 5.12.